The number of carbonyl (C=O) groups is 1. The SMILES string of the molecule is CNCCN(C)C(=O)c1cnn(-c2ccccc2C)c1C. The molecule has 112 valence electrons. The second-order valence-corrected chi connectivity index (χ2v) is 5.17. The van der Waals surface area contributed by atoms with Gasteiger partial charge in [0.05, 0.1) is 23.1 Å². The summed E-state index contributed by atoms with van der Waals surface area (Å²) in [6.07, 6.45) is 1.65. The smallest absolute Gasteiger partial charge is 0.257 e. The van der Waals surface area contributed by atoms with Crippen LogP contribution in [0.5, 0.6) is 0 Å². The van der Waals surface area contributed by atoms with Crippen LogP contribution >= 0.6 is 0 Å². The summed E-state index contributed by atoms with van der Waals surface area (Å²) in [6, 6.07) is 8.02. The third kappa shape index (κ3) is 3.13. The normalized spacial score (nSPS) is 10.7. The fourth-order valence-corrected chi connectivity index (χ4v) is 2.25. The van der Waals surface area contributed by atoms with Crippen LogP contribution in [-0.4, -0.2) is 47.8 Å². The minimum atomic E-state index is 0.00239. The number of amides is 1. The van der Waals surface area contributed by atoms with E-state index in [1.165, 1.54) is 0 Å². The summed E-state index contributed by atoms with van der Waals surface area (Å²) in [4.78, 5) is 14.2. The van der Waals surface area contributed by atoms with Gasteiger partial charge in [0.2, 0.25) is 0 Å². The lowest BCUT2D eigenvalue weighted by molar-refractivity contribution is 0.0796. The van der Waals surface area contributed by atoms with E-state index in [9.17, 15) is 4.79 Å². The predicted octanol–water partition coefficient (Wildman–Crippen LogP) is 1.78. The molecule has 0 atom stereocenters. The van der Waals surface area contributed by atoms with E-state index in [4.69, 9.17) is 0 Å². The zero-order valence-corrected chi connectivity index (χ0v) is 13.1. The lowest BCUT2D eigenvalue weighted by atomic mass is 10.2. The van der Waals surface area contributed by atoms with Crippen molar-refractivity contribution in [3.8, 4) is 5.69 Å². The molecule has 0 spiro atoms. The molecular formula is C16H22N4O. The van der Waals surface area contributed by atoms with E-state index >= 15 is 0 Å². The highest BCUT2D eigenvalue weighted by Gasteiger charge is 2.18. The summed E-state index contributed by atoms with van der Waals surface area (Å²) >= 11 is 0. The van der Waals surface area contributed by atoms with Crippen LogP contribution in [0.25, 0.3) is 5.69 Å². The summed E-state index contributed by atoms with van der Waals surface area (Å²) in [7, 11) is 3.68. The van der Waals surface area contributed by atoms with E-state index < -0.39 is 0 Å². The molecule has 0 saturated carbocycles. The monoisotopic (exact) mass is 286 g/mol. The lowest BCUT2D eigenvalue weighted by Crippen LogP contribution is -2.33. The molecule has 5 heteroatoms. The predicted molar refractivity (Wildman–Crippen MR) is 83.9 cm³/mol. The molecule has 0 saturated heterocycles. The summed E-state index contributed by atoms with van der Waals surface area (Å²) in [5, 5.41) is 7.43. The Balaban J connectivity index is 2.29. The molecule has 0 radical (unpaired) electrons. The molecular weight excluding hydrogens is 264 g/mol. The molecule has 0 fully saturated rings. The standard InChI is InChI=1S/C16H22N4O/c1-12-7-5-6-8-15(12)20-13(2)14(11-18-20)16(21)19(4)10-9-17-3/h5-8,11,17H,9-10H2,1-4H3. The van der Waals surface area contributed by atoms with Crippen molar-refractivity contribution < 1.29 is 4.79 Å². The number of carbonyl (C=O) groups excluding carboxylic acids is 1. The number of rotatable bonds is 5. The Morgan fingerprint density at radius 3 is 2.71 bits per heavy atom. The zero-order chi connectivity index (χ0) is 15.4. The fraction of sp³-hybridized carbons (Fsp3) is 0.375. The molecule has 1 heterocycles. The number of para-hydroxylation sites is 1. The van der Waals surface area contributed by atoms with Gasteiger partial charge >= 0.3 is 0 Å². The average Bonchev–Trinajstić information content (AvgIpc) is 2.86. The van der Waals surface area contributed by atoms with E-state index in [0.29, 0.717) is 12.1 Å². The highest BCUT2D eigenvalue weighted by atomic mass is 16.2. The first-order chi connectivity index (χ1) is 10.1. The van der Waals surface area contributed by atoms with Gasteiger partial charge in [-0.2, -0.15) is 5.10 Å². The van der Waals surface area contributed by atoms with Crippen molar-refractivity contribution in [2.75, 3.05) is 27.2 Å². The van der Waals surface area contributed by atoms with E-state index in [-0.39, 0.29) is 5.91 Å². The number of benzene rings is 1. The molecule has 0 aliphatic heterocycles. The van der Waals surface area contributed by atoms with Crippen LogP contribution in [0.4, 0.5) is 0 Å². The molecule has 1 aromatic heterocycles. The molecule has 0 aliphatic carbocycles. The number of likely N-dealkylation sites (N-methyl/N-ethyl adjacent to an activating group) is 2. The van der Waals surface area contributed by atoms with Gasteiger partial charge in [0, 0.05) is 20.1 Å². The molecule has 5 nitrogen and oxygen atoms in total. The number of hydrogen-bond acceptors (Lipinski definition) is 3. The molecule has 1 aromatic carbocycles. The second kappa shape index (κ2) is 6.54. The molecule has 21 heavy (non-hydrogen) atoms. The number of hydrogen-bond donors (Lipinski definition) is 1. The van der Waals surface area contributed by atoms with E-state index in [1.807, 2.05) is 56.9 Å². The van der Waals surface area contributed by atoms with Crippen LogP contribution in [0, 0.1) is 13.8 Å². The Kier molecular flexibility index (Phi) is 4.75. The number of nitrogens with one attached hydrogen (secondary N) is 1. The van der Waals surface area contributed by atoms with Gasteiger partial charge in [-0.05, 0) is 32.5 Å². The lowest BCUT2D eigenvalue weighted by Gasteiger charge is -2.16. The number of aromatic nitrogens is 2. The third-order valence-electron chi connectivity index (χ3n) is 3.63. The Morgan fingerprint density at radius 1 is 1.33 bits per heavy atom. The first-order valence-corrected chi connectivity index (χ1v) is 7.07. The highest BCUT2D eigenvalue weighted by molar-refractivity contribution is 5.95. The van der Waals surface area contributed by atoms with Gasteiger partial charge in [-0.15, -0.1) is 0 Å². The van der Waals surface area contributed by atoms with Crippen LogP contribution in [0.3, 0.4) is 0 Å². The van der Waals surface area contributed by atoms with Gasteiger partial charge in [0.15, 0.2) is 0 Å². The first kappa shape index (κ1) is 15.3. The van der Waals surface area contributed by atoms with Gasteiger partial charge in [0.25, 0.3) is 5.91 Å². The van der Waals surface area contributed by atoms with Gasteiger partial charge in [-0.25, -0.2) is 4.68 Å². The van der Waals surface area contributed by atoms with E-state index in [1.54, 1.807) is 11.1 Å². The average molecular weight is 286 g/mol. The Hall–Kier alpha value is -2.14. The Morgan fingerprint density at radius 2 is 2.05 bits per heavy atom. The number of aryl methyl sites for hydroxylation is 1. The number of nitrogens with zero attached hydrogens (tertiary/aromatic N) is 3. The van der Waals surface area contributed by atoms with Crippen molar-refractivity contribution in [1.29, 1.82) is 0 Å². The molecule has 0 unspecified atom stereocenters. The van der Waals surface area contributed by atoms with Crippen molar-refractivity contribution in [1.82, 2.24) is 20.0 Å². The van der Waals surface area contributed by atoms with Gasteiger partial charge < -0.3 is 10.2 Å². The quantitative estimate of drug-likeness (QED) is 0.911. The Labute approximate surface area is 125 Å². The van der Waals surface area contributed by atoms with Gasteiger partial charge in [-0.1, -0.05) is 18.2 Å². The fourth-order valence-electron chi connectivity index (χ4n) is 2.25. The summed E-state index contributed by atoms with van der Waals surface area (Å²) in [5.41, 5.74) is 3.65. The first-order valence-electron chi connectivity index (χ1n) is 7.07. The van der Waals surface area contributed by atoms with Gasteiger partial charge in [-0.3, -0.25) is 4.79 Å². The van der Waals surface area contributed by atoms with Crippen LogP contribution in [0.2, 0.25) is 0 Å². The van der Waals surface area contributed by atoms with Crippen LogP contribution in [0.1, 0.15) is 21.6 Å². The maximum atomic E-state index is 12.4. The van der Waals surface area contributed by atoms with Crippen molar-refractivity contribution >= 4 is 5.91 Å². The molecule has 0 aliphatic rings. The van der Waals surface area contributed by atoms with Crippen molar-refractivity contribution in [3.05, 3.63) is 47.3 Å². The maximum absolute atomic E-state index is 12.4. The van der Waals surface area contributed by atoms with Gasteiger partial charge in [0.1, 0.15) is 0 Å². The minimum absolute atomic E-state index is 0.00239. The van der Waals surface area contributed by atoms with Crippen LogP contribution in [0.15, 0.2) is 30.5 Å². The van der Waals surface area contributed by atoms with Crippen molar-refractivity contribution in [3.63, 3.8) is 0 Å². The summed E-state index contributed by atoms with van der Waals surface area (Å²) in [6.45, 7) is 5.41. The van der Waals surface area contributed by atoms with Crippen molar-refractivity contribution in [2.45, 2.75) is 13.8 Å². The maximum Gasteiger partial charge on any atom is 0.257 e. The summed E-state index contributed by atoms with van der Waals surface area (Å²) in [5.74, 6) is 0.00239. The molecule has 0 bridgehead atoms. The minimum Gasteiger partial charge on any atom is -0.340 e. The zero-order valence-electron chi connectivity index (χ0n) is 13.1. The highest BCUT2D eigenvalue weighted by Crippen LogP contribution is 2.18. The molecule has 1 amide bonds. The third-order valence-corrected chi connectivity index (χ3v) is 3.63. The van der Waals surface area contributed by atoms with E-state index in [0.717, 1.165) is 23.5 Å². The largest absolute Gasteiger partial charge is 0.340 e. The molecule has 2 rings (SSSR count). The second-order valence-electron chi connectivity index (χ2n) is 5.17. The van der Waals surface area contributed by atoms with Crippen molar-refractivity contribution in [2.24, 2.45) is 0 Å². The molecule has 1 N–H and O–H groups in total. The summed E-state index contributed by atoms with van der Waals surface area (Å²) < 4.78 is 1.83. The van der Waals surface area contributed by atoms with E-state index in [2.05, 4.69) is 10.4 Å². The Bertz CT molecular complexity index is 633. The van der Waals surface area contributed by atoms with Crippen LogP contribution < -0.4 is 5.32 Å². The van der Waals surface area contributed by atoms with Crippen LogP contribution in [-0.2, 0) is 0 Å². The topological polar surface area (TPSA) is 50.2 Å². The molecule has 2 aromatic rings.